The van der Waals surface area contributed by atoms with Gasteiger partial charge in [0.25, 0.3) is 0 Å². The van der Waals surface area contributed by atoms with Crippen LogP contribution in [0.1, 0.15) is 39.2 Å². The zero-order valence-electron chi connectivity index (χ0n) is 12.9. The van der Waals surface area contributed by atoms with Gasteiger partial charge in [0, 0.05) is 17.6 Å². The van der Waals surface area contributed by atoms with Gasteiger partial charge < -0.3 is 10.4 Å². The summed E-state index contributed by atoms with van der Waals surface area (Å²) in [5.74, 6) is -0.628. The molecule has 0 spiro atoms. The predicted octanol–water partition coefficient (Wildman–Crippen LogP) is 3.96. The lowest BCUT2D eigenvalue weighted by Crippen LogP contribution is -2.50. The van der Waals surface area contributed by atoms with Crippen LogP contribution in [0.2, 0.25) is 5.02 Å². The molecule has 0 heterocycles. The highest BCUT2D eigenvalue weighted by molar-refractivity contribution is 6.31. The second-order valence-corrected chi connectivity index (χ2v) is 7.06. The molecule has 0 saturated heterocycles. The Morgan fingerprint density at radius 2 is 2.05 bits per heavy atom. The van der Waals surface area contributed by atoms with E-state index in [0.29, 0.717) is 12.0 Å². The van der Waals surface area contributed by atoms with Crippen LogP contribution >= 0.6 is 11.6 Å². The molecule has 1 aromatic rings. The van der Waals surface area contributed by atoms with Gasteiger partial charge in [0.1, 0.15) is 0 Å². The molecule has 0 aliphatic heterocycles. The first kappa shape index (κ1) is 16.3. The summed E-state index contributed by atoms with van der Waals surface area (Å²) in [6.07, 6.45) is 1.62. The van der Waals surface area contributed by atoms with Gasteiger partial charge in [-0.3, -0.25) is 4.79 Å². The van der Waals surface area contributed by atoms with Gasteiger partial charge in [-0.15, -0.1) is 0 Å². The van der Waals surface area contributed by atoms with E-state index in [0.717, 1.165) is 30.0 Å². The van der Waals surface area contributed by atoms with E-state index in [9.17, 15) is 9.90 Å². The lowest BCUT2D eigenvalue weighted by molar-refractivity contribution is -0.150. The largest absolute Gasteiger partial charge is 0.481 e. The van der Waals surface area contributed by atoms with Crippen molar-refractivity contribution in [1.29, 1.82) is 0 Å². The monoisotopic (exact) mass is 309 g/mol. The molecule has 1 aliphatic carbocycles. The minimum Gasteiger partial charge on any atom is -0.481 e. The number of carboxylic acids is 1. The Bertz CT molecular complexity index is 515. The lowest BCUT2D eigenvalue weighted by atomic mass is 9.61. The second-order valence-electron chi connectivity index (χ2n) is 6.66. The summed E-state index contributed by atoms with van der Waals surface area (Å²) in [5, 5.41) is 13.7. The number of hydrogen-bond donors (Lipinski definition) is 2. The van der Waals surface area contributed by atoms with Crippen molar-refractivity contribution in [3.05, 3.63) is 34.9 Å². The van der Waals surface area contributed by atoms with Crippen molar-refractivity contribution < 1.29 is 9.90 Å². The Morgan fingerprint density at radius 1 is 1.38 bits per heavy atom. The topological polar surface area (TPSA) is 49.3 Å². The van der Waals surface area contributed by atoms with E-state index in [4.69, 9.17) is 11.6 Å². The molecule has 3 unspecified atom stereocenters. The summed E-state index contributed by atoms with van der Waals surface area (Å²) >= 11 is 6.18. The molecular formula is C17H24ClNO2. The van der Waals surface area contributed by atoms with E-state index in [-0.39, 0.29) is 11.3 Å². The van der Waals surface area contributed by atoms with Crippen LogP contribution in [0.3, 0.4) is 0 Å². The third-order valence-electron chi connectivity index (χ3n) is 5.25. The fourth-order valence-electron chi connectivity index (χ4n) is 3.41. The molecule has 1 saturated carbocycles. The fourth-order valence-corrected chi connectivity index (χ4v) is 3.61. The standard InChI is InChI=1S/C17H24ClNO2/c1-11-15(9-8-13(16(20)21)17(11,2)3)19-10-12-6-4-5-7-14(12)18/h4-7,11,13,15,19H,8-10H2,1-3H3,(H,20,21). The number of carboxylic acid groups (broad SMARTS) is 1. The molecule has 0 aromatic heterocycles. The van der Waals surface area contributed by atoms with Gasteiger partial charge in [0.05, 0.1) is 5.92 Å². The van der Waals surface area contributed by atoms with Crippen LogP contribution in [0.15, 0.2) is 24.3 Å². The first-order valence-electron chi connectivity index (χ1n) is 7.53. The number of halogens is 1. The number of nitrogens with one attached hydrogen (secondary N) is 1. The summed E-state index contributed by atoms with van der Waals surface area (Å²) in [4.78, 5) is 11.4. The van der Waals surface area contributed by atoms with E-state index in [1.165, 1.54) is 0 Å². The third-order valence-corrected chi connectivity index (χ3v) is 5.62. The highest BCUT2D eigenvalue weighted by Crippen LogP contribution is 2.45. The van der Waals surface area contributed by atoms with Crippen LogP contribution in [0.4, 0.5) is 0 Å². The van der Waals surface area contributed by atoms with Gasteiger partial charge in [-0.25, -0.2) is 0 Å². The van der Waals surface area contributed by atoms with Crippen molar-refractivity contribution in [2.24, 2.45) is 17.3 Å². The number of carbonyl (C=O) groups is 1. The van der Waals surface area contributed by atoms with E-state index in [1.54, 1.807) is 0 Å². The molecule has 1 fully saturated rings. The normalized spacial score (nSPS) is 28.3. The Balaban J connectivity index is 2.03. The van der Waals surface area contributed by atoms with Gasteiger partial charge in [-0.2, -0.15) is 0 Å². The fraction of sp³-hybridized carbons (Fsp3) is 0.588. The second kappa shape index (κ2) is 6.37. The Hall–Kier alpha value is -1.06. The SMILES string of the molecule is CC1C(NCc2ccccc2Cl)CCC(C(=O)O)C1(C)C. The van der Waals surface area contributed by atoms with Crippen molar-refractivity contribution in [2.75, 3.05) is 0 Å². The molecule has 116 valence electrons. The van der Waals surface area contributed by atoms with Crippen molar-refractivity contribution in [2.45, 2.75) is 46.2 Å². The molecule has 3 nitrogen and oxygen atoms in total. The lowest BCUT2D eigenvalue weighted by Gasteiger charge is -2.46. The predicted molar refractivity (Wildman–Crippen MR) is 85.4 cm³/mol. The molecular weight excluding hydrogens is 286 g/mol. The smallest absolute Gasteiger partial charge is 0.307 e. The van der Waals surface area contributed by atoms with Gasteiger partial charge >= 0.3 is 5.97 Å². The van der Waals surface area contributed by atoms with E-state index >= 15 is 0 Å². The number of hydrogen-bond acceptors (Lipinski definition) is 2. The summed E-state index contributed by atoms with van der Waals surface area (Å²) in [6.45, 7) is 7.02. The van der Waals surface area contributed by atoms with Crippen LogP contribution in [-0.2, 0) is 11.3 Å². The number of rotatable bonds is 4. The summed E-state index contributed by atoms with van der Waals surface area (Å²) < 4.78 is 0. The van der Waals surface area contributed by atoms with Crippen LogP contribution in [0.25, 0.3) is 0 Å². The van der Waals surface area contributed by atoms with Crippen LogP contribution in [0.5, 0.6) is 0 Å². The molecule has 2 N–H and O–H groups in total. The highest BCUT2D eigenvalue weighted by Gasteiger charge is 2.45. The molecule has 2 rings (SSSR count). The summed E-state index contributed by atoms with van der Waals surface area (Å²) in [7, 11) is 0. The van der Waals surface area contributed by atoms with Crippen molar-refractivity contribution >= 4 is 17.6 Å². The Labute approximate surface area is 131 Å². The maximum Gasteiger partial charge on any atom is 0.307 e. The molecule has 0 bridgehead atoms. The van der Waals surface area contributed by atoms with Crippen molar-refractivity contribution in [3.63, 3.8) is 0 Å². The first-order valence-corrected chi connectivity index (χ1v) is 7.91. The van der Waals surface area contributed by atoms with Crippen LogP contribution < -0.4 is 5.32 Å². The quantitative estimate of drug-likeness (QED) is 0.885. The van der Waals surface area contributed by atoms with Gasteiger partial charge in [-0.1, -0.05) is 50.6 Å². The molecule has 3 atom stereocenters. The summed E-state index contributed by atoms with van der Waals surface area (Å²) in [5.41, 5.74) is 0.881. The third kappa shape index (κ3) is 3.41. The first-order chi connectivity index (χ1) is 9.84. The van der Waals surface area contributed by atoms with Crippen LogP contribution in [-0.4, -0.2) is 17.1 Å². The summed E-state index contributed by atoms with van der Waals surface area (Å²) in [6, 6.07) is 8.15. The van der Waals surface area contributed by atoms with Crippen molar-refractivity contribution in [3.8, 4) is 0 Å². The van der Waals surface area contributed by atoms with E-state index in [2.05, 4.69) is 26.1 Å². The van der Waals surface area contributed by atoms with Gasteiger partial charge in [0.2, 0.25) is 0 Å². The minimum absolute atomic E-state index is 0.206. The molecule has 21 heavy (non-hydrogen) atoms. The molecule has 0 radical (unpaired) electrons. The van der Waals surface area contributed by atoms with Gasteiger partial charge in [-0.05, 0) is 35.8 Å². The average Bonchev–Trinajstić information content (AvgIpc) is 2.41. The maximum absolute atomic E-state index is 11.4. The molecule has 1 aromatic carbocycles. The average molecular weight is 310 g/mol. The van der Waals surface area contributed by atoms with E-state index < -0.39 is 5.97 Å². The minimum atomic E-state index is -0.670. The van der Waals surface area contributed by atoms with Crippen molar-refractivity contribution in [1.82, 2.24) is 5.32 Å². The molecule has 0 amide bonds. The number of aliphatic carboxylic acids is 1. The molecule has 4 heteroatoms. The zero-order valence-corrected chi connectivity index (χ0v) is 13.7. The van der Waals surface area contributed by atoms with Gasteiger partial charge in [0.15, 0.2) is 0 Å². The number of benzene rings is 1. The zero-order chi connectivity index (χ0) is 15.6. The highest BCUT2D eigenvalue weighted by atomic mass is 35.5. The van der Waals surface area contributed by atoms with Crippen LogP contribution in [0, 0.1) is 17.3 Å². The molecule has 1 aliphatic rings. The van der Waals surface area contributed by atoms with E-state index in [1.807, 2.05) is 24.3 Å². The maximum atomic E-state index is 11.4. The Kier molecular flexibility index (Phi) is 4.95. The Morgan fingerprint density at radius 3 is 2.67 bits per heavy atom.